The standard InChI is InChI=1S/C13H16ClNO5/c1-18-11-8(14)5-9-12(20-4-2-3-19-9)10(11)7(6-15)13(16)17/h5,7H,2-4,6,15H2,1H3,(H,16,17). The van der Waals surface area contributed by atoms with Crippen molar-refractivity contribution >= 4 is 17.6 Å². The van der Waals surface area contributed by atoms with Crippen LogP contribution in [0.2, 0.25) is 5.02 Å². The fourth-order valence-corrected chi connectivity index (χ4v) is 2.43. The quantitative estimate of drug-likeness (QED) is 0.878. The zero-order valence-electron chi connectivity index (χ0n) is 11.0. The van der Waals surface area contributed by atoms with Crippen LogP contribution in [0.15, 0.2) is 6.07 Å². The summed E-state index contributed by atoms with van der Waals surface area (Å²) in [7, 11) is 1.42. The lowest BCUT2D eigenvalue weighted by Gasteiger charge is -2.21. The van der Waals surface area contributed by atoms with Gasteiger partial charge in [0.2, 0.25) is 0 Å². The van der Waals surface area contributed by atoms with E-state index in [9.17, 15) is 9.90 Å². The predicted octanol–water partition coefficient (Wildman–Crippen LogP) is 1.64. The molecule has 0 bridgehead atoms. The van der Waals surface area contributed by atoms with Crippen LogP contribution in [0.5, 0.6) is 17.2 Å². The Balaban J connectivity index is 2.67. The van der Waals surface area contributed by atoms with Crippen molar-refractivity contribution in [2.24, 2.45) is 5.73 Å². The smallest absolute Gasteiger partial charge is 0.312 e. The maximum atomic E-state index is 11.4. The van der Waals surface area contributed by atoms with Gasteiger partial charge in [-0.05, 0) is 0 Å². The molecule has 1 aliphatic heterocycles. The van der Waals surface area contributed by atoms with Crippen LogP contribution in [0.1, 0.15) is 17.9 Å². The molecule has 1 unspecified atom stereocenters. The summed E-state index contributed by atoms with van der Waals surface area (Å²) in [6, 6.07) is 1.57. The van der Waals surface area contributed by atoms with Crippen molar-refractivity contribution in [3.05, 3.63) is 16.7 Å². The van der Waals surface area contributed by atoms with E-state index in [1.54, 1.807) is 6.07 Å². The van der Waals surface area contributed by atoms with Crippen molar-refractivity contribution in [1.82, 2.24) is 0 Å². The average Bonchev–Trinajstić information content (AvgIpc) is 2.64. The molecule has 2 rings (SSSR count). The normalized spacial score (nSPS) is 15.3. The second kappa shape index (κ2) is 6.19. The molecule has 7 heteroatoms. The number of nitrogens with two attached hydrogens (primary N) is 1. The summed E-state index contributed by atoms with van der Waals surface area (Å²) in [4.78, 5) is 11.4. The number of methoxy groups -OCH3 is 1. The average molecular weight is 302 g/mol. The SMILES string of the molecule is COc1c(Cl)cc2c(c1C(CN)C(=O)O)OCCCO2. The molecule has 0 saturated heterocycles. The summed E-state index contributed by atoms with van der Waals surface area (Å²) < 4.78 is 16.4. The molecule has 1 aliphatic rings. The van der Waals surface area contributed by atoms with E-state index in [0.29, 0.717) is 36.7 Å². The number of ether oxygens (including phenoxy) is 3. The Morgan fingerprint density at radius 2 is 2.25 bits per heavy atom. The van der Waals surface area contributed by atoms with Crippen LogP contribution in [0.25, 0.3) is 0 Å². The first-order valence-corrected chi connectivity index (χ1v) is 6.56. The molecule has 20 heavy (non-hydrogen) atoms. The molecular weight excluding hydrogens is 286 g/mol. The van der Waals surface area contributed by atoms with Crippen molar-refractivity contribution in [1.29, 1.82) is 0 Å². The number of benzene rings is 1. The molecule has 0 spiro atoms. The number of carboxylic acids is 1. The zero-order valence-corrected chi connectivity index (χ0v) is 11.8. The van der Waals surface area contributed by atoms with Gasteiger partial charge in [0.1, 0.15) is 11.7 Å². The van der Waals surface area contributed by atoms with Gasteiger partial charge in [0.25, 0.3) is 0 Å². The van der Waals surface area contributed by atoms with E-state index in [1.807, 2.05) is 0 Å². The van der Waals surface area contributed by atoms with Gasteiger partial charge >= 0.3 is 5.97 Å². The zero-order chi connectivity index (χ0) is 14.7. The minimum atomic E-state index is -1.07. The molecule has 3 N–H and O–H groups in total. The molecule has 1 aromatic carbocycles. The molecule has 1 aromatic rings. The number of fused-ring (bicyclic) bond motifs is 1. The van der Waals surface area contributed by atoms with Gasteiger partial charge in [0.15, 0.2) is 11.5 Å². The minimum Gasteiger partial charge on any atom is -0.495 e. The van der Waals surface area contributed by atoms with Crippen molar-refractivity contribution in [2.45, 2.75) is 12.3 Å². The second-order valence-corrected chi connectivity index (χ2v) is 4.72. The first-order valence-electron chi connectivity index (χ1n) is 6.19. The van der Waals surface area contributed by atoms with E-state index in [-0.39, 0.29) is 17.3 Å². The lowest BCUT2D eigenvalue weighted by atomic mass is 9.96. The lowest BCUT2D eigenvalue weighted by Crippen LogP contribution is -2.22. The van der Waals surface area contributed by atoms with Crippen molar-refractivity contribution in [3.8, 4) is 17.2 Å². The fraction of sp³-hybridized carbons (Fsp3) is 0.462. The van der Waals surface area contributed by atoms with Crippen LogP contribution >= 0.6 is 11.6 Å². The Kier molecular flexibility index (Phi) is 4.57. The van der Waals surface area contributed by atoms with Gasteiger partial charge in [-0.1, -0.05) is 11.6 Å². The van der Waals surface area contributed by atoms with E-state index >= 15 is 0 Å². The third-order valence-electron chi connectivity index (χ3n) is 3.07. The maximum Gasteiger partial charge on any atom is 0.312 e. The van der Waals surface area contributed by atoms with E-state index < -0.39 is 11.9 Å². The Morgan fingerprint density at radius 1 is 1.55 bits per heavy atom. The van der Waals surface area contributed by atoms with Crippen LogP contribution in [-0.2, 0) is 4.79 Å². The number of halogens is 1. The first kappa shape index (κ1) is 14.7. The summed E-state index contributed by atoms with van der Waals surface area (Å²) in [5.74, 6) is -1.01. The number of carboxylic acid groups (broad SMARTS) is 1. The highest BCUT2D eigenvalue weighted by Crippen LogP contribution is 2.47. The van der Waals surface area contributed by atoms with Gasteiger partial charge in [0, 0.05) is 19.0 Å². The Labute approximate surface area is 121 Å². The molecule has 0 amide bonds. The number of rotatable bonds is 4. The Bertz CT molecular complexity index is 520. The highest BCUT2D eigenvalue weighted by Gasteiger charge is 2.31. The van der Waals surface area contributed by atoms with Crippen molar-refractivity contribution in [2.75, 3.05) is 26.9 Å². The summed E-state index contributed by atoms with van der Waals surface area (Å²) in [5.41, 5.74) is 5.90. The van der Waals surface area contributed by atoms with E-state index in [1.165, 1.54) is 7.11 Å². The first-order chi connectivity index (χ1) is 9.60. The van der Waals surface area contributed by atoms with Gasteiger partial charge in [-0.3, -0.25) is 4.79 Å². The molecular formula is C13H16ClNO5. The van der Waals surface area contributed by atoms with Gasteiger partial charge in [0.05, 0.1) is 30.9 Å². The molecule has 0 radical (unpaired) electrons. The van der Waals surface area contributed by atoms with Crippen LogP contribution < -0.4 is 19.9 Å². The number of hydrogen-bond donors (Lipinski definition) is 2. The molecule has 0 fully saturated rings. The van der Waals surface area contributed by atoms with E-state index in [0.717, 1.165) is 0 Å². The van der Waals surface area contributed by atoms with E-state index in [2.05, 4.69) is 0 Å². The fourth-order valence-electron chi connectivity index (χ4n) is 2.15. The third-order valence-corrected chi connectivity index (χ3v) is 3.35. The van der Waals surface area contributed by atoms with Gasteiger partial charge in [-0.25, -0.2) is 0 Å². The molecule has 0 aromatic heterocycles. The monoisotopic (exact) mass is 301 g/mol. The summed E-state index contributed by atoms with van der Waals surface area (Å²) in [6.45, 7) is 0.818. The summed E-state index contributed by atoms with van der Waals surface area (Å²) in [6.07, 6.45) is 0.703. The third kappa shape index (κ3) is 2.62. The lowest BCUT2D eigenvalue weighted by molar-refractivity contribution is -0.138. The molecule has 1 atom stereocenters. The summed E-state index contributed by atoms with van der Waals surface area (Å²) >= 11 is 6.13. The molecule has 110 valence electrons. The van der Waals surface area contributed by atoms with Crippen LogP contribution in [0, 0.1) is 0 Å². The molecule has 0 aliphatic carbocycles. The molecule has 6 nitrogen and oxygen atoms in total. The van der Waals surface area contributed by atoms with Gasteiger partial charge in [-0.2, -0.15) is 0 Å². The highest BCUT2D eigenvalue weighted by atomic mass is 35.5. The van der Waals surface area contributed by atoms with Crippen LogP contribution in [-0.4, -0.2) is 37.9 Å². The maximum absolute atomic E-state index is 11.4. The Hall–Kier alpha value is -1.66. The Morgan fingerprint density at radius 3 is 2.85 bits per heavy atom. The van der Waals surface area contributed by atoms with E-state index in [4.69, 9.17) is 31.5 Å². The number of aliphatic carboxylic acids is 1. The molecule has 1 heterocycles. The van der Waals surface area contributed by atoms with Gasteiger partial charge in [-0.15, -0.1) is 0 Å². The predicted molar refractivity (Wildman–Crippen MR) is 73.0 cm³/mol. The molecule has 0 saturated carbocycles. The largest absolute Gasteiger partial charge is 0.495 e. The topological polar surface area (TPSA) is 91.0 Å². The summed E-state index contributed by atoms with van der Waals surface area (Å²) in [5, 5.41) is 9.60. The van der Waals surface area contributed by atoms with Crippen LogP contribution in [0.3, 0.4) is 0 Å². The minimum absolute atomic E-state index is 0.0954. The highest BCUT2D eigenvalue weighted by molar-refractivity contribution is 6.32. The van der Waals surface area contributed by atoms with Crippen LogP contribution in [0.4, 0.5) is 0 Å². The van der Waals surface area contributed by atoms with Crippen molar-refractivity contribution < 1.29 is 24.1 Å². The van der Waals surface area contributed by atoms with Crippen molar-refractivity contribution in [3.63, 3.8) is 0 Å². The number of carbonyl (C=O) groups is 1. The number of hydrogen-bond acceptors (Lipinski definition) is 5. The van der Waals surface area contributed by atoms with Gasteiger partial charge < -0.3 is 25.1 Å². The second-order valence-electron chi connectivity index (χ2n) is 4.31.